The first-order valence-corrected chi connectivity index (χ1v) is 3.89. The van der Waals surface area contributed by atoms with Gasteiger partial charge in [-0.05, 0) is 25.9 Å². The molecule has 0 saturated carbocycles. The minimum atomic E-state index is -0.585. The molecule has 1 atom stereocenters. The molecule has 1 aliphatic heterocycles. The minimum Gasteiger partial charge on any atom is -0.330 e. The fraction of sp³-hybridized carbons (Fsp3) is 1.00. The highest BCUT2D eigenvalue weighted by Crippen LogP contribution is 2.11. The molecule has 2 N–H and O–H groups in total. The van der Waals surface area contributed by atoms with Gasteiger partial charge >= 0.3 is 0 Å². The SMILES string of the molecule is NCCCN1CC[C@H](F)C1. The quantitative estimate of drug-likeness (QED) is 0.623. The van der Waals surface area contributed by atoms with Gasteiger partial charge in [-0.3, -0.25) is 0 Å². The molecule has 60 valence electrons. The van der Waals surface area contributed by atoms with Crippen molar-refractivity contribution in [2.75, 3.05) is 26.2 Å². The number of nitrogens with two attached hydrogens (primary N) is 1. The Morgan fingerprint density at radius 1 is 1.60 bits per heavy atom. The molecule has 0 aliphatic carbocycles. The van der Waals surface area contributed by atoms with Gasteiger partial charge in [-0.25, -0.2) is 4.39 Å². The van der Waals surface area contributed by atoms with Gasteiger partial charge in [0.05, 0.1) is 0 Å². The van der Waals surface area contributed by atoms with E-state index in [-0.39, 0.29) is 0 Å². The standard InChI is InChI=1S/C7H15FN2/c8-7-2-5-10(6-7)4-1-3-9/h7H,1-6,9H2/t7-/m0/s1. The topological polar surface area (TPSA) is 29.3 Å². The van der Waals surface area contributed by atoms with Gasteiger partial charge in [0.1, 0.15) is 6.17 Å². The Kier molecular flexibility index (Phi) is 3.09. The van der Waals surface area contributed by atoms with Crippen molar-refractivity contribution in [3.05, 3.63) is 0 Å². The Morgan fingerprint density at radius 2 is 2.40 bits per heavy atom. The second-order valence-electron chi connectivity index (χ2n) is 2.83. The van der Waals surface area contributed by atoms with E-state index in [1.54, 1.807) is 0 Å². The third-order valence-electron chi connectivity index (χ3n) is 1.89. The first-order valence-electron chi connectivity index (χ1n) is 3.89. The molecule has 0 aromatic carbocycles. The van der Waals surface area contributed by atoms with Gasteiger partial charge in [-0.1, -0.05) is 0 Å². The summed E-state index contributed by atoms with van der Waals surface area (Å²) in [6.07, 6.45) is 1.12. The van der Waals surface area contributed by atoms with E-state index in [0.29, 0.717) is 19.5 Å². The molecule has 1 aliphatic rings. The lowest BCUT2D eigenvalue weighted by Crippen LogP contribution is -2.23. The summed E-state index contributed by atoms with van der Waals surface area (Å²) in [6.45, 7) is 3.23. The average Bonchev–Trinajstić information content (AvgIpc) is 2.31. The van der Waals surface area contributed by atoms with Crippen molar-refractivity contribution in [3.8, 4) is 0 Å². The molecule has 0 spiro atoms. The van der Waals surface area contributed by atoms with Crippen LogP contribution in [0.25, 0.3) is 0 Å². The molecule has 1 fully saturated rings. The first kappa shape index (κ1) is 7.95. The van der Waals surface area contributed by atoms with Crippen LogP contribution < -0.4 is 5.73 Å². The van der Waals surface area contributed by atoms with Crippen LogP contribution in [-0.2, 0) is 0 Å². The summed E-state index contributed by atoms with van der Waals surface area (Å²) < 4.78 is 12.5. The molecule has 10 heavy (non-hydrogen) atoms. The Bertz CT molecular complexity index is 97.6. The zero-order valence-electron chi connectivity index (χ0n) is 6.22. The van der Waals surface area contributed by atoms with E-state index in [0.717, 1.165) is 19.5 Å². The van der Waals surface area contributed by atoms with E-state index in [1.807, 2.05) is 0 Å². The van der Waals surface area contributed by atoms with E-state index >= 15 is 0 Å². The maximum absolute atomic E-state index is 12.5. The number of nitrogens with zero attached hydrogens (tertiary/aromatic N) is 1. The number of hydrogen-bond donors (Lipinski definition) is 1. The van der Waals surface area contributed by atoms with Crippen LogP contribution in [-0.4, -0.2) is 37.3 Å². The normalized spacial score (nSPS) is 27.6. The van der Waals surface area contributed by atoms with Crippen LogP contribution in [0.1, 0.15) is 12.8 Å². The van der Waals surface area contributed by atoms with Gasteiger partial charge < -0.3 is 10.6 Å². The monoisotopic (exact) mass is 146 g/mol. The summed E-state index contributed by atoms with van der Waals surface area (Å²) in [5, 5.41) is 0. The zero-order chi connectivity index (χ0) is 7.40. The van der Waals surface area contributed by atoms with Crippen molar-refractivity contribution in [2.45, 2.75) is 19.0 Å². The van der Waals surface area contributed by atoms with Crippen molar-refractivity contribution in [1.29, 1.82) is 0 Å². The Hall–Kier alpha value is -0.150. The van der Waals surface area contributed by atoms with Crippen LogP contribution in [0.5, 0.6) is 0 Å². The van der Waals surface area contributed by atoms with Crippen LogP contribution in [0.15, 0.2) is 0 Å². The highest BCUT2D eigenvalue weighted by molar-refractivity contribution is 4.74. The molecule has 3 heteroatoms. The van der Waals surface area contributed by atoms with Gasteiger partial charge in [-0.15, -0.1) is 0 Å². The summed E-state index contributed by atoms with van der Waals surface area (Å²) in [6, 6.07) is 0. The van der Waals surface area contributed by atoms with Crippen LogP contribution in [0.3, 0.4) is 0 Å². The number of alkyl halides is 1. The van der Waals surface area contributed by atoms with Gasteiger partial charge in [-0.2, -0.15) is 0 Å². The second kappa shape index (κ2) is 3.88. The maximum atomic E-state index is 12.5. The molecular formula is C7H15FN2. The van der Waals surface area contributed by atoms with Crippen molar-refractivity contribution < 1.29 is 4.39 Å². The maximum Gasteiger partial charge on any atom is 0.114 e. The van der Waals surface area contributed by atoms with Gasteiger partial charge in [0.2, 0.25) is 0 Å². The molecule has 0 aromatic rings. The summed E-state index contributed by atoms with van der Waals surface area (Å²) >= 11 is 0. The fourth-order valence-corrected chi connectivity index (χ4v) is 1.30. The molecular weight excluding hydrogens is 131 g/mol. The average molecular weight is 146 g/mol. The van der Waals surface area contributed by atoms with Crippen molar-refractivity contribution in [3.63, 3.8) is 0 Å². The highest BCUT2D eigenvalue weighted by atomic mass is 19.1. The van der Waals surface area contributed by atoms with Gasteiger partial charge in [0, 0.05) is 13.1 Å². The lowest BCUT2D eigenvalue weighted by atomic mass is 10.3. The Labute approximate surface area is 61.2 Å². The van der Waals surface area contributed by atoms with Crippen LogP contribution in [0.2, 0.25) is 0 Å². The third kappa shape index (κ3) is 2.23. The Balaban J connectivity index is 2.06. The molecule has 0 unspecified atom stereocenters. The summed E-state index contributed by atoms with van der Waals surface area (Å²) in [5.41, 5.74) is 5.32. The molecule has 2 nitrogen and oxygen atoms in total. The summed E-state index contributed by atoms with van der Waals surface area (Å²) in [7, 11) is 0. The van der Waals surface area contributed by atoms with E-state index < -0.39 is 6.17 Å². The van der Waals surface area contributed by atoms with Crippen LogP contribution in [0, 0.1) is 0 Å². The predicted molar refractivity (Wildman–Crippen MR) is 39.6 cm³/mol. The first-order chi connectivity index (χ1) is 4.83. The van der Waals surface area contributed by atoms with E-state index in [9.17, 15) is 4.39 Å². The lowest BCUT2D eigenvalue weighted by Gasteiger charge is -2.12. The summed E-state index contributed by atoms with van der Waals surface area (Å²) in [4.78, 5) is 2.14. The number of hydrogen-bond acceptors (Lipinski definition) is 2. The Morgan fingerprint density at radius 3 is 2.90 bits per heavy atom. The van der Waals surface area contributed by atoms with Crippen LogP contribution in [0.4, 0.5) is 4.39 Å². The lowest BCUT2D eigenvalue weighted by molar-refractivity contribution is 0.286. The second-order valence-corrected chi connectivity index (χ2v) is 2.83. The van der Waals surface area contributed by atoms with Gasteiger partial charge in [0.25, 0.3) is 0 Å². The van der Waals surface area contributed by atoms with E-state index in [2.05, 4.69) is 4.90 Å². The molecule has 1 saturated heterocycles. The molecule has 1 rings (SSSR count). The molecule has 0 bridgehead atoms. The molecule has 0 aromatic heterocycles. The minimum absolute atomic E-state index is 0.585. The van der Waals surface area contributed by atoms with E-state index in [1.165, 1.54) is 0 Å². The molecule has 1 heterocycles. The largest absolute Gasteiger partial charge is 0.330 e. The fourth-order valence-electron chi connectivity index (χ4n) is 1.30. The molecule has 0 amide bonds. The summed E-state index contributed by atoms with van der Waals surface area (Å²) in [5.74, 6) is 0. The predicted octanol–water partition coefficient (Wildman–Crippen LogP) is 0.379. The number of likely N-dealkylation sites (tertiary alicyclic amines) is 1. The zero-order valence-corrected chi connectivity index (χ0v) is 6.22. The van der Waals surface area contributed by atoms with Crippen molar-refractivity contribution >= 4 is 0 Å². The van der Waals surface area contributed by atoms with E-state index in [4.69, 9.17) is 5.73 Å². The molecule has 0 radical (unpaired) electrons. The van der Waals surface area contributed by atoms with Crippen LogP contribution >= 0.6 is 0 Å². The third-order valence-corrected chi connectivity index (χ3v) is 1.89. The van der Waals surface area contributed by atoms with Gasteiger partial charge in [0.15, 0.2) is 0 Å². The number of rotatable bonds is 3. The highest BCUT2D eigenvalue weighted by Gasteiger charge is 2.20. The van der Waals surface area contributed by atoms with Crippen molar-refractivity contribution in [1.82, 2.24) is 4.90 Å². The smallest absolute Gasteiger partial charge is 0.114 e. The van der Waals surface area contributed by atoms with Crippen molar-refractivity contribution in [2.24, 2.45) is 5.73 Å². The number of halogens is 1.